The molecule has 1 aliphatic heterocycles. The van der Waals surface area contributed by atoms with Gasteiger partial charge in [0.15, 0.2) is 0 Å². The van der Waals surface area contributed by atoms with Crippen molar-refractivity contribution in [2.45, 2.75) is 58.0 Å². The van der Waals surface area contributed by atoms with Gasteiger partial charge in [-0.3, -0.25) is 19.1 Å². The smallest absolute Gasteiger partial charge is 0.219 e. The summed E-state index contributed by atoms with van der Waals surface area (Å²) in [6.45, 7) is 3.06. The van der Waals surface area contributed by atoms with Crippen LogP contribution in [0.4, 0.5) is 0 Å². The third kappa shape index (κ3) is 3.59. The number of hydrogen-bond donors (Lipinski definition) is 0. The number of aryl methyl sites for hydroxylation is 1. The molecule has 0 bridgehead atoms. The van der Waals surface area contributed by atoms with E-state index in [1.54, 1.807) is 11.6 Å². The molecule has 1 fully saturated rings. The highest BCUT2D eigenvalue weighted by atomic mass is 16.2. The van der Waals surface area contributed by atoms with Crippen LogP contribution in [0.15, 0.2) is 42.9 Å². The Morgan fingerprint density at radius 3 is 2.74 bits per heavy atom. The van der Waals surface area contributed by atoms with Gasteiger partial charge in [0.25, 0.3) is 0 Å². The molecule has 4 heterocycles. The number of carbonyl (C=O) groups is 1. The van der Waals surface area contributed by atoms with Crippen LogP contribution in [0.5, 0.6) is 0 Å². The zero-order valence-corrected chi connectivity index (χ0v) is 19.9. The monoisotopic (exact) mass is 454 g/mol. The molecule has 7 heteroatoms. The van der Waals surface area contributed by atoms with E-state index in [0.717, 1.165) is 46.3 Å². The van der Waals surface area contributed by atoms with Crippen molar-refractivity contribution in [2.75, 3.05) is 6.54 Å². The second kappa shape index (κ2) is 8.38. The number of rotatable bonds is 3. The summed E-state index contributed by atoms with van der Waals surface area (Å²) >= 11 is 0. The lowest BCUT2D eigenvalue weighted by molar-refractivity contribution is -0.129. The third-order valence-electron chi connectivity index (χ3n) is 7.47. The van der Waals surface area contributed by atoms with E-state index in [2.05, 4.69) is 34.0 Å². The lowest BCUT2D eigenvalue weighted by Gasteiger charge is -2.29. The number of aromatic nitrogens is 5. The number of carbonyl (C=O) groups excluding carboxylic acids is 1. The van der Waals surface area contributed by atoms with E-state index in [-0.39, 0.29) is 5.91 Å². The fourth-order valence-corrected chi connectivity index (χ4v) is 5.65. The second-order valence-corrected chi connectivity index (χ2v) is 9.70. The third-order valence-corrected chi connectivity index (χ3v) is 7.47. The first-order valence-corrected chi connectivity index (χ1v) is 12.3. The number of fused-ring (bicyclic) bond motifs is 2. The molecule has 4 aromatic rings. The number of amides is 1. The summed E-state index contributed by atoms with van der Waals surface area (Å²) < 4.78 is 4.11. The summed E-state index contributed by atoms with van der Waals surface area (Å²) in [7, 11) is 1.92. The molecule has 0 spiro atoms. The average Bonchev–Trinajstić information content (AvgIpc) is 3.47. The van der Waals surface area contributed by atoms with Crippen LogP contribution in [-0.4, -0.2) is 41.9 Å². The second-order valence-electron chi connectivity index (χ2n) is 9.70. The van der Waals surface area contributed by atoms with Crippen LogP contribution >= 0.6 is 0 Å². The van der Waals surface area contributed by atoms with Crippen molar-refractivity contribution in [2.24, 2.45) is 7.05 Å². The maximum atomic E-state index is 12.2. The molecule has 3 aromatic heterocycles. The lowest BCUT2D eigenvalue weighted by atomic mass is 9.94. The average molecular weight is 455 g/mol. The Bertz CT molecular complexity index is 1380. The van der Waals surface area contributed by atoms with Crippen molar-refractivity contribution in [3.63, 3.8) is 0 Å². The van der Waals surface area contributed by atoms with Crippen LogP contribution in [0.3, 0.4) is 0 Å². The van der Waals surface area contributed by atoms with E-state index < -0.39 is 0 Å². The van der Waals surface area contributed by atoms with Crippen LogP contribution in [0.1, 0.15) is 56.3 Å². The lowest BCUT2D eigenvalue weighted by Crippen LogP contribution is -2.35. The molecule has 0 radical (unpaired) electrons. The van der Waals surface area contributed by atoms with Gasteiger partial charge in [-0.2, -0.15) is 10.2 Å². The van der Waals surface area contributed by atoms with Gasteiger partial charge in [-0.25, -0.2) is 0 Å². The van der Waals surface area contributed by atoms with Crippen LogP contribution in [0.25, 0.3) is 33.3 Å². The molecule has 1 saturated carbocycles. The van der Waals surface area contributed by atoms with E-state index in [9.17, 15) is 4.79 Å². The summed E-state index contributed by atoms with van der Waals surface area (Å²) in [5, 5.41) is 11.8. The quantitative estimate of drug-likeness (QED) is 0.441. The van der Waals surface area contributed by atoms with Crippen LogP contribution in [0.2, 0.25) is 0 Å². The molecular weight excluding hydrogens is 424 g/mol. The summed E-state index contributed by atoms with van der Waals surface area (Å²) in [6, 6.07) is 8.97. The molecule has 174 valence electrons. The Labute approximate surface area is 199 Å². The molecule has 34 heavy (non-hydrogen) atoms. The van der Waals surface area contributed by atoms with E-state index >= 15 is 0 Å². The maximum absolute atomic E-state index is 12.2. The first-order chi connectivity index (χ1) is 16.6. The highest BCUT2D eigenvalue weighted by Gasteiger charge is 2.30. The number of hydrogen-bond acceptors (Lipinski definition) is 4. The molecule has 1 amide bonds. The number of nitrogens with zero attached hydrogens (tertiary/aromatic N) is 6. The summed E-state index contributed by atoms with van der Waals surface area (Å²) in [5.74, 6) is 0.128. The first-order valence-electron chi connectivity index (χ1n) is 12.3. The topological polar surface area (TPSA) is 68.8 Å². The van der Waals surface area contributed by atoms with Gasteiger partial charge >= 0.3 is 0 Å². The Morgan fingerprint density at radius 2 is 1.97 bits per heavy atom. The van der Waals surface area contributed by atoms with Gasteiger partial charge in [0.2, 0.25) is 5.91 Å². The Hall–Kier alpha value is -3.48. The van der Waals surface area contributed by atoms with Gasteiger partial charge < -0.3 is 4.90 Å². The van der Waals surface area contributed by atoms with Crippen molar-refractivity contribution >= 4 is 16.7 Å². The summed E-state index contributed by atoms with van der Waals surface area (Å²) in [6.07, 6.45) is 12.9. The predicted molar refractivity (Wildman–Crippen MR) is 132 cm³/mol. The molecule has 0 unspecified atom stereocenters. The van der Waals surface area contributed by atoms with Crippen molar-refractivity contribution in [3.05, 3.63) is 54.1 Å². The normalized spacial score (nSPS) is 16.7. The summed E-state index contributed by atoms with van der Waals surface area (Å²) in [5.41, 5.74) is 6.54. The number of benzene rings is 1. The minimum Gasteiger partial charge on any atom is -0.338 e. The van der Waals surface area contributed by atoms with Gasteiger partial charge in [0.05, 0.1) is 23.6 Å². The van der Waals surface area contributed by atoms with Crippen molar-refractivity contribution in [1.82, 2.24) is 29.4 Å². The molecule has 0 N–H and O–H groups in total. The van der Waals surface area contributed by atoms with Crippen LogP contribution in [0, 0.1) is 0 Å². The van der Waals surface area contributed by atoms with E-state index in [0.29, 0.717) is 12.6 Å². The van der Waals surface area contributed by atoms with E-state index in [1.807, 2.05) is 30.5 Å². The number of pyridine rings is 1. The van der Waals surface area contributed by atoms with Crippen molar-refractivity contribution in [1.29, 1.82) is 0 Å². The Kier molecular flexibility index (Phi) is 5.20. The maximum Gasteiger partial charge on any atom is 0.219 e. The van der Waals surface area contributed by atoms with Gasteiger partial charge in [-0.1, -0.05) is 37.5 Å². The summed E-state index contributed by atoms with van der Waals surface area (Å²) in [4.78, 5) is 19.0. The standard InChI is InChI=1S/C27H30N6O/c1-18(34)32-12-11-26-24(17-32)27(30-33(26)21-8-4-3-5-9-21)22-10-6-7-19-13-25(28-15-23(19)22)20-14-29-31(2)16-20/h6-7,10,13-16,21H,3-5,8-9,11-12,17H2,1-2H3. The fraction of sp³-hybridized carbons (Fsp3) is 0.407. The van der Waals surface area contributed by atoms with Crippen LogP contribution < -0.4 is 0 Å². The minimum atomic E-state index is 0.128. The zero-order valence-electron chi connectivity index (χ0n) is 19.9. The predicted octanol–water partition coefficient (Wildman–Crippen LogP) is 4.91. The fourth-order valence-electron chi connectivity index (χ4n) is 5.65. The molecule has 2 aliphatic rings. The largest absolute Gasteiger partial charge is 0.338 e. The molecule has 6 rings (SSSR count). The first kappa shape index (κ1) is 21.1. The highest BCUT2D eigenvalue weighted by molar-refractivity contribution is 5.97. The van der Waals surface area contributed by atoms with Crippen molar-refractivity contribution in [3.8, 4) is 22.5 Å². The Balaban J connectivity index is 1.49. The molecule has 0 saturated heterocycles. The SMILES string of the molecule is CC(=O)N1CCc2c(c(-c3cccc4cc(-c5cnn(C)c5)ncc34)nn2C2CCCCC2)C1. The van der Waals surface area contributed by atoms with Gasteiger partial charge in [-0.05, 0) is 24.3 Å². The Morgan fingerprint density at radius 1 is 1.12 bits per heavy atom. The molecule has 1 aliphatic carbocycles. The minimum absolute atomic E-state index is 0.128. The molecule has 7 nitrogen and oxygen atoms in total. The zero-order chi connectivity index (χ0) is 23.2. The highest BCUT2D eigenvalue weighted by Crippen LogP contribution is 2.38. The van der Waals surface area contributed by atoms with Gasteiger partial charge in [-0.15, -0.1) is 0 Å². The van der Waals surface area contributed by atoms with E-state index in [4.69, 9.17) is 10.1 Å². The molecular formula is C27H30N6O. The molecule has 1 aromatic carbocycles. The molecule has 0 atom stereocenters. The van der Waals surface area contributed by atoms with E-state index in [1.165, 1.54) is 43.4 Å². The van der Waals surface area contributed by atoms with Crippen molar-refractivity contribution < 1.29 is 4.79 Å². The van der Waals surface area contributed by atoms with Crippen LogP contribution in [-0.2, 0) is 24.8 Å². The van der Waals surface area contributed by atoms with Gasteiger partial charge in [0, 0.05) is 73.6 Å². The van der Waals surface area contributed by atoms with Gasteiger partial charge in [0.1, 0.15) is 0 Å².